The summed E-state index contributed by atoms with van der Waals surface area (Å²) in [5.74, 6) is -0.356. The summed E-state index contributed by atoms with van der Waals surface area (Å²) < 4.78 is 0. The molecular formula is C19H23N5O4S. The summed E-state index contributed by atoms with van der Waals surface area (Å²) in [7, 11) is 0. The number of anilines is 1. The van der Waals surface area contributed by atoms with Gasteiger partial charge in [0.05, 0.1) is 4.92 Å². The van der Waals surface area contributed by atoms with E-state index in [1.807, 2.05) is 6.92 Å². The lowest BCUT2D eigenvalue weighted by Gasteiger charge is -2.20. The van der Waals surface area contributed by atoms with E-state index in [1.54, 1.807) is 6.07 Å². The monoisotopic (exact) mass is 417 g/mol. The molecule has 1 aromatic carbocycles. The fourth-order valence-electron chi connectivity index (χ4n) is 3.42. The van der Waals surface area contributed by atoms with Gasteiger partial charge in [-0.2, -0.15) is 5.10 Å². The second-order valence-corrected chi connectivity index (χ2v) is 8.30. The van der Waals surface area contributed by atoms with Gasteiger partial charge in [-0.15, -0.1) is 5.10 Å². The van der Waals surface area contributed by atoms with E-state index < -0.39 is 16.1 Å². The van der Waals surface area contributed by atoms with Gasteiger partial charge in [-0.3, -0.25) is 19.7 Å². The molecule has 29 heavy (non-hydrogen) atoms. The summed E-state index contributed by atoms with van der Waals surface area (Å²) in [4.78, 5) is 34.9. The molecule has 1 aliphatic heterocycles. The molecule has 0 aromatic heterocycles. The number of nitro benzene ring substituents is 1. The smallest absolute Gasteiger partial charge is 0.292 e. The van der Waals surface area contributed by atoms with E-state index in [9.17, 15) is 19.7 Å². The summed E-state index contributed by atoms with van der Waals surface area (Å²) in [5.41, 5.74) is 0.872. The number of amides is 2. The number of nitrogens with zero attached hydrogens (tertiary/aromatic N) is 3. The summed E-state index contributed by atoms with van der Waals surface area (Å²) in [5, 5.41) is 24.3. The summed E-state index contributed by atoms with van der Waals surface area (Å²) in [6.45, 7) is 1.96. The van der Waals surface area contributed by atoms with Gasteiger partial charge in [0.2, 0.25) is 11.8 Å². The van der Waals surface area contributed by atoms with Crippen LogP contribution in [0.5, 0.6) is 0 Å². The van der Waals surface area contributed by atoms with Crippen LogP contribution in [0.3, 0.4) is 0 Å². The van der Waals surface area contributed by atoms with E-state index in [-0.39, 0.29) is 23.7 Å². The fourth-order valence-corrected chi connectivity index (χ4v) is 4.34. The number of carbonyl (C=O) groups is 2. The first kappa shape index (κ1) is 21.0. The molecule has 0 radical (unpaired) electrons. The lowest BCUT2D eigenvalue weighted by molar-refractivity contribution is -0.383. The third kappa shape index (κ3) is 5.63. The van der Waals surface area contributed by atoms with Crippen LogP contribution in [-0.4, -0.2) is 32.9 Å². The molecule has 1 atom stereocenters. The third-order valence-corrected chi connectivity index (χ3v) is 6.09. The maximum Gasteiger partial charge on any atom is 0.292 e. The molecule has 1 aromatic rings. The van der Waals surface area contributed by atoms with Crippen molar-refractivity contribution >= 4 is 45.8 Å². The Hall–Kier alpha value is -2.75. The van der Waals surface area contributed by atoms with Crippen LogP contribution < -0.4 is 10.6 Å². The Morgan fingerprint density at radius 3 is 2.76 bits per heavy atom. The SMILES string of the molecule is CC(=N/N=C1\NC(=O)C(CC(=O)Nc2ccccc2[N+](=O)[O-])S1)C1CCCCC1. The zero-order chi connectivity index (χ0) is 20.8. The van der Waals surface area contributed by atoms with Crippen LogP contribution in [0.2, 0.25) is 0 Å². The molecule has 1 saturated heterocycles. The standard InChI is InChI=1S/C19H23N5O4S/c1-12(13-7-3-2-4-8-13)22-23-19-21-18(26)16(29-19)11-17(25)20-14-9-5-6-10-15(14)24(27)28/h5-6,9-10,13,16H,2-4,7-8,11H2,1H3,(H,20,25)(H,21,23,26). The Bertz CT molecular complexity index is 864. The number of amidine groups is 1. The number of thioether (sulfide) groups is 1. The Morgan fingerprint density at radius 1 is 1.31 bits per heavy atom. The molecule has 0 spiro atoms. The van der Waals surface area contributed by atoms with Crippen molar-refractivity contribution in [2.45, 2.75) is 50.7 Å². The molecule has 1 unspecified atom stereocenters. The number of hydrogen-bond acceptors (Lipinski definition) is 7. The van der Waals surface area contributed by atoms with Crippen molar-refractivity contribution in [3.63, 3.8) is 0 Å². The van der Waals surface area contributed by atoms with Crippen LogP contribution in [0.4, 0.5) is 11.4 Å². The average Bonchev–Trinajstić information content (AvgIpc) is 3.06. The summed E-state index contributed by atoms with van der Waals surface area (Å²) >= 11 is 1.14. The van der Waals surface area contributed by atoms with Crippen LogP contribution in [0.15, 0.2) is 34.5 Å². The van der Waals surface area contributed by atoms with E-state index >= 15 is 0 Å². The van der Waals surface area contributed by atoms with Gasteiger partial charge in [0.1, 0.15) is 10.9 Å². The van der Waals surface area contributed by atoms with E-state index in [0.717, 1.165) is 30.3 Å². The molecule has 9 nitrogen and oxygen atoms in total. The Morgan fingerprint density at radius 2 is 2.03 bits per heavy atom. The highest BCUT2D eigenvalue weighted by Crippen LogP contribution is 2.27. The van der Waals surface area contributed by atoms with Crippen molar-refractivity contribution in [3.8, 4) is 0 Å². The van der Waals surface area contributed by atoms with E-state index in [0.29, 0.717) is 11.1 Å². The molecule has 154 valence electrons. The molecule has 1 aliphatic carbocycles. The quantitative estimate of drug-likeness (QED) is 0.416. The summed E-state index contributed by atoms with van der Waals surface area (Å²) in [6.07, 6.45) is 5.79. The maximum atomic E-state index is 12.3. The first-order valence-electron chi connectivity index (χ1n) is 9.57. The minimum Gasteiger partial charge on any atom is -0.320 e. The number of rotatable bonds is 6. The van der Waals surface area contributed by atoms with Gasteiger partial charge in [-0.05, 0) is 31.7 Å². The lowest BCUT2D eigenvalue weighted by atomic mass is 9.86. The third-order valence-electron chi connectivity index (χ3n) is 5.02. The highest BCUT2D eigenvalue weighted by Gasteiger charge is 2.32. The number of benzene rings is 1. The van der Waals surface area contributed by atoms with Crippen molar-refractivity contribution in [1.82, 2.24) is 5.32 Å². The molecule has 1 heterocycles. The molecular weight excluding hydrogens is 394 g/mol. The van der Waals surface area contributed by atoms with Crippen molar-refractivity contribution in [2.24, 2.45) is 16.1 Å². The van der Waals surface area contributed by atoms with Crippen LogP contribution in [0.1, 0.15) is 45.4 Å². The normalized spacial score (nSPS) is 21.8. The molecule has 1 saturated carbocycles. The number of para-hydroxylation sites is 2. The first-order chi connectivity index (χ1) is 13.9. The second kappa shape index (κ2) is 9.64. The van der Waals surface area contributed by atoms with Crippen molar-refractivity contribution < 1.29 is 14.5 Å². The Kier molecular flexibility index (Phi) is 6.97. The number of hydrogen-bond donors (Lipinski definition) is 2. The fraction of sp³-hybridized carbons (Fsp3) is 0.474. The Labute approximate surface area is 172 Å². The van der Waals surface area contributed by atoms with Gasteiger partial charge in [0.15, 0.2) is 5.17 Å². The van der Waals surface area contributed by atoms with Crippen LogP contribution in [0, 0.1) is 16.0 Å². The summed E-state index contributed by atoms with van der Waals surface area (Å²) in [6, 6.07) is 5.88. The largest absolute Gasteiger partial charge is 0.320 e. The van der Waals surface area contributed by atoms with Gasteiger partial charge in [0.25, 0.3) is 5.69 Å². The molecule has 2 amide bonds. The zero-order valence-corrected chi connectivity index (χ0v) is 16.9. The van der Waals surface area contributed by atoms with Gasteiger partial charge < -0.3 is 10.6 Å². The first-order valence-corrected chi connectivity index (χ1v) is 10.4. The van der Waals surface area contributed by atoms with Gasteiger partial charge >= 0.3 is 0 Å². The van der Waals surface area contributed by atoms with E-state index in [1.165, 1.54) is 37.5 Å². The molecule has 2 aliphatic rings. The van der Waals surface area contributed by atoms with Gasteiger partial charge in [-0.1, -0.05) is 43.2 Å². The topological polar surface area (TPSA) is 126 Å². The van der Waals surface area contributed by atoms with Crippen molar-refractivity contribution in [1.29, 1.82) is 0 Å². The predicted octanol–water partition coefficient (Wildman–Crippen LogP) is 3.47. The second-order valence-electron chi connectivity index (χ2n) is 7.10. The van der Waals surface area contributed by atoms with E-state index in [4.69, 9.17) is 0 Å². The van der Waals surface area contributed by atoms with Crippen molar-refractivity contribution in [2.75, 3.05) is 5.32 Å². The number of nitro groups is 1. The van der Waals surface area contributed by atoms with E-state index in [2.05, 4.69) is 20.8 Å². The maximum absolute atomic E-state index is 12.3. The molecule has 3 rings (SSSR count). The minimum atomic E-state index is -0.651. The van der Waals surface area contributed by atoms with Gasteiger partial charge in [-0.25, -0.2) is 0 Å². The highest BCUT2D eigenvalue weighted by atomic mass is 32.2. The van der Waals surface area contributed by atoms with Crippen LogP contribution in [0.25, 0.3) is 0 Å². The molecule has 2 fully saturated rings. The van der Waals surface area contributed by atoms with Crippen LogP contribution in [-0.2, 0) is 9.59 Å². The average molecular weight is 417 g/mol. The molecule has 0 bridgehead atoms. The minimum absolute atomic E-state index is 0.104. The zero-order valence-electron chi connectivity index (χ0n) is 16.1. The number of carbonyl (C=O) groups excluding carboxylic acids is 2. The molecule has 2 N–H and O–H groups in total. The number of nitrogens with one attached hydrogen (secondary N) is 2. The highest BCUT2D eigenvalue weighted by molar-refractivity contribution is 8.15. The van der Waals surface area contributed by atoms with Crippen LogP contribution >= 0.6 is 11.8 Å². The van der Waals surface area contributed by atoms with Crippen molar-refractivity contribution in [3.05, 3.63) is 34.4 Å². The lowest BCUT2D eigenvalue weighted by Crippen LogP contribution is -2.28. The Balaban J connectivity index is 1.58. The predicted molar refractivity (Wildman–Crippen MR) is 113 cm³/mol. The van der Waals surface area contributed by atoms with Gasteiger partial charge in [0, 0.05) is 18.2 Å². The molecule has 10 heteroatoms.